The average Bonchev–Trinajstić information content (AvgIpc) is 2.29. The van der Waals surface area contributed by atoms with E-state index in [2.05, 4.69) is 9.37 Å². The lowest BCUT2D eigenvalue weighted by Crippen LogP contribution is -2.15. The van der Waals surface area contributed by atoms with Gasteiger partial charge in [-0.3, -0.25) is 0 Å². The van der Waals surface area contributed by atoms with E-state index < -0.39 is 10.1 Å². The van der Waals surface area contributed by atoms with Gasteiger partial charge in [-0.25, -0.2) is 5.26 Å². The molecule has 0 radical (unpaired) electrons. The molecular formula is C9H11IO6S2. The first kappa shape index (κ1) is 16.0. The Kier molecular flexibility index (Phi) is 6.66. The Bertz CT molecular complexity index is 490. The molecule has 9 heteroatoms. The van der Waals surface area contributed by atoms with Gasteiger partial charge in [0.05, 0.1) is 17.8 Å². The monoisotopic (exact) mass is 406 g/mol. The second-order valence-electron chi connectivity index (χ2n) is 3.19. The van der Waals surface area contributed by atoms with Crippen LogP contribution in [0.1, 0.15) is 5.56 Å². The van der Waals surface area contributed by atoms with Crippen molar-refractivity contribution in [3.05, 3.63) is 23.8 Å². The van der Waals surface area contributed by atoms with Crippen LogP contribution in [0.4, 0.5) is 0 Å². The van der Waals surface area contributed by atoms with Crippen molar-refractivity contribution >= 4 is 44.8 Å². The van der Waals surface area contributed by atoms with Crippen LogP contribution in [-0.4, -0.2) is 23.9 Å². The van der Waals surface area contributed by atoms with E-state index in [0.717, 1.165) is 12.0 Å². The molecular weight excluding hydrogens is 395 g/mol. The van der Waals surface area contributed by atoms with Crippen LogP contribution in [0.5, 0.6) is 5.75 Å². The summed E-state index contributed by atoms with van der Waals surface area (Å²) in [5.41, 5.74) is 0.638. The molecule has 0 aromatic heterocycles. The van der Waals surface area contributed by atoms with E-state index in [-0.39, 0.29) is 11.5 Å². The van der Waals surface area contributed by atoms with Crippen molar-refractivity contribution in [3.8, 4) is 5.75 Å². The standard InChI is InChI=1S/C9H11IO6S2/c1-7-6-8(17-16-15-11)2-3-9(7)14-18(12,13)5-4-10/h2-3,6,11H,4-5H2,1H3. The third-order valence-corrected chi connectivity index (χ3v) is 4.84. The molecule has 0 aliphatic carbocycles. The van der Waals surface area contributed by atoms with Crippen molar-refractivity contribution in [2.24, 2.45) is 0 Å². The SMILES string of the molecule is Cc1cc(SOOO)ccc1OS(=O)(=O)CCI. The maximum Gasteiger partial charge on any atom is 0.309 e. The first-order chi connectivity index (χ1) is 8.48. The van der Waals surface area contributed by atoms with Gasteiger partial charge in [0.15, 0.2) is 0 Å². The van der Waals surface area contributed by atoms with E-state index in [1.807, 2.05) is 22.6 Å². The van der Waals surface area contributed by atoms with Gasteiger partial charge in [0.1, 0.15) is 5.75 Å². The zero-order valence-corrected chi connectivity index (χ0v) is 13.1. The molecule has 0 unspecified atom stereocenters. The molecule has 1 aromatic rings. The fraction of sp³-hybridized carbons (Fsp3) is 0.333. The van der Waals surface area contributed by atoms with Crippen molar-refractivity contribution in [1.82, 2.24) is 0 Å². The lowest BCUT2D eigenvalue weighted by atomic mass is 10.2. The van der Waals surface area contributed by atoms with Crippen LogP contribution >= 0.6 is 34.6 Å². The second kappa shape index (κ2) is 7.50. The van der Waals surface area contributed by atoms with E-state index in [0.29, 0.717) is 14.9 Å². The molecule has 1 N–H and O–H groups in total. The number of halogens is 1. The Balaban J connectivity index is 2.80. The van der Waals surface area contributed by atoms with E-state index in [1.165, 1.54) is 6.07 Å². The zero-order chi connectivity index (χ0) is 13.6. The Labute approximate surface area is 123 Å². The van der Waals surface area contributed by atoms with Gasteiger partial charge in [-0.15, -0.1) is 4.33 Å². The van der Waals surface area contributed by atoms with Crippen LogP contribution in [0.15, 0.2) is 23.1 Å². The smallest absolute Gasteiger partial charge is 0.309 e. The van der Waals surface area contributed by atoms with Crippen LogP contribution in [0.25, 0.3) is 0 Å². The molecule has 0 amide bonds. The molecule has 0 heterocycles. The molecule has 0 saturated carbocycles. The highest BCUT2D eigenvalue weighted by Gasteiger charge is 2.13. The lowest BCUT2D eigenvalue weighted by molar-refractivity contribution is -0.432. The molecule has 18 heavy (non-hydrogen) atoms. The minimum Gasteiger partial charge on any atom is -0.382 e. The first-order valence-corrected chi connectivity index (χ1v) is 8.56. The number of rotatable bonds is 7. The highest BCUT2D eigenvalue weighted by molar-refractivity contribution is 14.1. The summed E-state index contributed by atoms with van der Waals surface area (Å²) in [4.78, 5) is 0.639. The van der Waals surface area contributed by atoms with Gasteiger partial charge < -0.3 is 4.18 Å². The Morgan fingerprint density at radius 1 is 1.44 bits per heavy atom. The molecule has 6 nitrogen and oxygen atoms in total. The highest BCUT2D eigenvalue weighted by atomic mass is 127. The minimum absolute atomic E-state index is 0.0367. The van der Waals surface area contributed by atoms with Crippen molar-refractivity contribution in [2.45, 2.75) is 11.8 Å². The van der Waals surface area contributed by atoms with Crippen LogP contribution in [-0.2, 0) is 19.5 Å². The number of benzene rings is 1. The van der Waals surface area contributed by atoms with E-state index in [4.69, 9.17) is 9.44 Å². The Morgan fingerprint density at radius 2 is 2.17 bits per heavy atom. The van der Waals surface area contributed by atoms with Gasteiger partial charge in [-0.1, -0.05) is 27.6 Å². The van der Waals surface area contributed by atoms with Crippen LogP contribution < -0.4 is 4.18 Å². The molecule has 0 fully saturated rings. The number of alkyl halides is 1. The first-order valence-electron chi connectivity index (χ1n) is 4.72. The van der Waals surface area contributed by atoms with Gasteiger partial charge >= 0.3 is 10.1 Å². The normalized spacial score (nSPS) is 11.5. The van der Waals surface area contributed by atoms with Gasteiger partial charge in [0.25, 0.3) is 0 Å². The molecule has 102 valence electrons. The summed E-state index contributed by atoms with van der Waals surface area (Å²) >= 11 is 2.76. The highest BCUT2D eigenvalue weighted by Crippen LogP contribution is 2.27. The maximum absolute atomic E-state index is 11.5. The van der Waals surface area contributed by atoms with Gasteiger partial charge in [0.2, 0.25) is 0 Å². The molecule has 1 rings (SSSR count). The summed E-state index contributed by atoms with van der Waals surface area (Å²) in [5.74, 6) is 0.236. The Morgan fingerprint density at radius 3 is 2.72 bits per heavy atom. The quantitative estimate of drug-likeness (QED) is 0.186. The molecule has 0 aliphatic heterocycles. The summed E-state index contributed by atoms with van der Waals surface area (Å²) < 4.78 is 32.7. The summed E-state index contributed by atoms with van der Waals surface area (Å²) in [6.45, 7) is 1.71. The topological polar surface area (TPSA) is 82.1 Å². The lowest BCUT2D eigenvalue weighted by Gasteiger charge is -2.09. The van der Waals surface area contributed by atoms with Crippen molar-refractivity contribution in [1.29, 1.82) is 0 Å². The van der Waals surface area contributed by atoms with Crippen molar-refractivity contribution in [2.75, 3.05) is 10.2 Å². The number of hydrogen-bond acceptors (Lipinski definition) is 7. The third-order valence-electron chi connectivity index (χ3n) is 1.85. The van der Waals surface area contributed by atoms with E-state index >= 15 is 0 Å². The minimum atomic E-state index is -3.55. The molecule has 0 aliphatic rings. The van der Waals surface area contributed by atoms with Crippen LogP contribution in [0, 0.1) is 6.92 Å². The van der Waals surface area contributed by atoms with E-state index in [9.17, 15) is 8.42 Å². The molecule has 0 spiro atoms. The number of aryl methyl sites for hydroxylation is 1. The second-order valence-corrected chi connectivity index (χ2v) is 6.73. The Hall–Kier alpha value is -0.0700. The van der Waals surface area contributed by atoms with E-state index in [1.54, 1.807) is 19.1 Å². The predicted molar refractivity (Wildman–Crippen MR) is 75.1 cm³/mol. The number of hydrogen-bond donors (Lipinski definition) is 1. The molecule has 0 saturated heterocycles. The summed E-state index contributed by atoms with van der Waals surface area (Å²) in [7, 11) is -3.55. The van der Waals surface area contributed by atoms with Crippen LogP contribution in [0.3, 0.4) is 0 Å². The van der Waals surface area contributed by atoms with Gasteiger partial charge in [0, 0.05) is 9.32 Å². The van der Waals surface area contributed by atoms with Gasteiger partial charge in [-0.05, 0) is 30.7 Å². The van der Waals surface area contributed by atoms with Crippen molar-refractivity contribution < 1.29 is 27.2 Å². The van der Waals surface area contributed by atoms with Gasteiger partial charge in [-0.2, -0.15) is 8.42 Å². The predicted octanol–water partition coefficient (Wildman–Crippen LogP) is 2.57. The fourth-order valence-corrected chi connectivity index (χ4v) is 3.90. The summed E-state index contributed by atoms with van der Waals surface area (Å²) in [6, 6.07) is 4.76. The molecule has 0 bridgehead atoms. The molecule has 0 atom stereocenters. The molecule has 1 aromatic carbocycles. The third kappa shape index (κ3) is 5.28. The zero-order valence-electron chi connectivity index (χ0n) is 9.33. The van der Waals surface area contributed by atoms with Crippen LogP contribution in [0.2, 0.25) is 0 Å². The van der Waals surface area contributed by atoms with Crippen molar-refractivity contribution in [3.63, 3.8) is 0 Å². The fourth-order valence-electron chi connectivity index (χ4n) is 1.09. The maximum atomic E-state index is 11.5. The summed E-state index contributed by atoms with van der Waals surface area (Å²) in [6.07, 6.45) is 0. The largest absolute Gasteiger partial charge is 0.382 e. The average molecular weight is 406 g/mol. The summed E-state index contributed by atoms with van der Waals surface area (Å²) in [5, 5.41) is 11.5.